The van der Waals surface area contributed by atoms with Crippen molar-refractivity contribution in [2.75, 3.05) is 11.9 Å². The molecular weight excluding hydrogens is 248 g/mol. The summed E-state index contributed by atoms with van der Waals surface area (Å²) in [6.07, 6.45) is 2.88. The number of nitrogens with zero attached hydrogens (tertiary/aromatic N) is 1. The Bertz CT molecular complexity index is 454. The van der Waals surface area contributed by atoms with Crippen LogP contribution in [-0.4, -0.2) is 19.0 Å². The van der Waals surface area contributed by atoms with E-state index >= 15 is 0 Å². The largest absolute Gasteiger partial charge is 0.328 e. The third-order valence-corrected chi connectivity index (χ3v) is 3.76. The smallest absolute Gasteiger partial charge is 0.229 e. The number of anilines is 1. The van der Waals surface area contributed by atoms with Gasteiger partial charge in [0.15, 0.2) is 0 Å². The Morgan fingerprint density at radius 3 is 2.45 bits per heavy atom. The van der Waals surface area contributed by atoms with E-state index in [-0.39, 0.29) is 17.9 Å². The molecule has 0 heterocycles. The van der Waals surface area contributed by atoms with Crippen molar-refractivity contribution in [3.05, 3.63) is 29.3 Å². The van der Waals surface area contributed by atoms with Crippen LogP contribution in [0.1, 0.15) is 44.2 Å². The lowest BCUT2D eigenvalue weighted by Gasteiger charge is -2.23. The van der Waals surface area contributed by atoms with Crippen LogP contribution in [-0.2, 0) is 4.79 Å². The fourth-order valence-corrected chi connectivity index (χ4v) is 2.50. The van der Waals surface area contributed by atoms with E-state index in [2.05, 4.69) is 13.0 Å². The topological polar surface area (TPSA) is 46.3 Å². The van der Waals surface area contributed by atoms with Crippen molar-refractivity contribution in [2.45, 2.75) is 53.0 Å². The first-order valence-corrected chi connectivity index (χ1v) is 7.43. The summed E-state index contributed by atoms with van der Waals surface area (Å²) in [7, 11) is 1.86. The van der Waals surface area contributed by atoms with Crippen LogP contribution in [0.25, 0.3) is 0 Å². The number of carbonyl (C=O) groups is 1. The van der Waals surface area contributed by atoms with Crippen molar-refractivity contribution in [1.82, 2.24) is 0 Å². The first kappa shape index (κ1) is 16.7. The van der Waals surface area contributed by atoms with E-state index in [0.29, 0.717) is 0 Å². The Kier molecular flexibility index (Phi) is 6.21. The van der Waals surface area contributed by atoms with Crippen LogP contribution >= 0.6 is 0 Å². The number of carbonyl (C=O) groups excluding carboxylic acids is 1. The molecule has 0 aromatic heterocycles. The third kappa shape index (κ3) is 4.64. The highest BCUT2D eigenvalue weighted by molar-refractivity contribution is 5.95. The normalized spacial score (nSPS) is 13.9. The van der Waals surface area contributed by atoms with Gasteiger partial charge in [-0.05, 0) is 45.2 Å². The summed E-state index contributed by atoms with van der Waals surface area (Å²) in [4.78, 5) is 14.2. The summed E-state index contributed by atoms with van der Waals surface area (Å²) in [6.45, 7) is 8.12. The maximum atomic E-state index is 12.5. The van der Waals surface area contributed by atoms with Crippen LogP contribution in [0.15, 0.2) is 18.2 Å². The van der Waals surface area contributed by atoms with E-state index in [1.54, 1.807) is 4.90 Å². The average molecular weight is 276 g/mol. The molecule has 1 aromatic carbocycles. The van der Waals surface area contributed by atoms with Gasteiger partial charge < -0.3 is 10.6 Å². The van der Waals surface area contributed by atoms with Crippen LogP contribution in [0.2, 0.25) is 0 Å². The molecule has 1 rings (SSSR count). The highest BCUT2D eigenvalue weighted by Crippen LogP contribution is 2.22. The van der Waals surface area contributed by atoms with Gasteiger partial charge in [-0.1, -0.05) is 31.0 Å². The zero-order chi connectivity index (χ0) is 15.3. The molecule has 0 saturated carbocycles. The molecule has 0 aliphatic heterocycles. The Hall–Kier alpha value is -1.35. The molecule has 0 radical (unpaired) electrons. The minimum atomic E-state index is 0.0412. The van der Waals surface area contributed by atoms with Crippen molar-refractivity contribution < 1.29 is 4.79 Å². The van der Waals surface area contributed by atoms with Crippen LogP contribution in [0.5, 0.6) is 0 Å². The minimum Gasteiger partial charge on any atom is -0.328 e. The van der Waals surface area contributed by atoms with Crippen molar-refractivity contribution in [2.24, 2.45) is 11.7 Å². The molecule has 0 fully saturated rings. The monoisotopic (exact) mass is 276 g/mol. The molecule has 3 nitrogen and oxygen atoms in total. The Balaban J connectivity index is 2.66. The van der Waals surface area contributed by atoms with Gasteiger partial charge in [0.2, 0.25) is 5.91 Å². The second kappa shape index (κ2) is 7.44. The van der Waals surface area contributed by atoms with E-state index in [1.807, 2.05) is 40.0 Å². The van der Waals surface area contributed by atoms with Crippen molar-refractivity contribution in [3.63, 3.8) is 0 Å². The summed E-state index contributed by atoms with van der Waals surface area (Å²) in [5, 5.41) is 0. The van der Waals surface area contributed by atoms with Gasteiger partial charge in [-0.15, -0.1) is 0 Å². The summed E-state index contributed by atoms with van der Waals surface area (Å²) in [6, 6.07) is 6.40. The summed E-state index contributed by atoms with van der Waals surface area (Å²) >= 11 is 0. The lowest BCUT2D eigenvalue weighted by atomic mass is 10.00. The number of rotatable bonds is 6. The lowest BCUT2D eigenvalue weighted by Crippen LogP contribution is -2.32. The number of aryl methyl sites for hydroxylation is 2. The predicted molar refractivity (Wildman–Crippen MR) is 86.0 cm³/mol. The van der Waals surface area contributed by atoms with E-state index in [4.69, 9.17) is 5.73 Å². The van der Waals surface area contributed by atoms with Crippen molar-refractivity contribution in [1.29, 1.82) is 0 Å². The van der Waals surface area contributed by atoms with Gasteiger partial charge in [-0.25, -0.2) is 0 Å². The SMILES string of the molecule is Cc1ccc(N(C)C(=O)C(C)CCCC(C)N)c(C)c1. The molecule has 2 atom stereocenters. The van der Waals surface area contributed by atoms with E-state index < -0.39 is 0 Å². The fraction of sp³-hybridized carbons (Fsp3) is 0.588. The van der Waals surface area contributed by atoms with Crippen LogP contribution in [0.4, 0.5) is 5.69 Å². The predicted octanol–water partition coefficient (Wildman–Crippen LogP) is 3.42. The molecule has 112 valence electrons. The maximum Gasteiger partial charge on any atom is 0.229 e. The number of hydrogen-bond donors (Lipinski definition) is 1. The summed E-state index contributed by atoms with van der Waals surface area (Å²) < 4.78 is 0. The third-order valence-electron chi connectivity index (χ3n) is 3.76. The van der Waals surface area contributed by atoms with Gasteiger partial charge in [-0.3, -0.25) is 4.79 Å². The highest BCUT2D eigenvalue weighted by Gasteiger charge is 2.19. The zero-order valence-corrected chi connectivity index (χ0v) is 13.4. The average Bonchev–Trinajstić information content (AvgIpc) is 2.36. The lowest BCUT2D eigenvalue weighted by molar-refractivity contribution is -0.121. The Morgan fingerprint density at radius 1 is 1.25 bits per heavy atom. The quantitative estimate of drug-likeness (QED) is 0.865. The second-order valence-corrected chi connectivity index (χ2v) is 6.00. The Labute approximate surface area is 123 Å². The molecule has 20 heavy (non-hydrogen) atoms. The number of hydrogen-bond acceptors (Lipinski definition) is 2. The van der Waals surface area contributed by atoms with E-state index in [1.165, 1.54) is 5.56 Å². The maximum absolute atomic E-state index is 12.5. The molecular formula is C17H28N2O. The van der Waals surface area contributed by atoms with Crippen LogP contribution in [0, 0.1) is 19.8 Å². The van der Waals surface area contributed by atoms with Gasteiger partial charge in [0.25, 0.3) is 0 Å². The summed E-state index contributed by atoms with van der Waals surface area (Å²) in [5.74, 6) is 0.223. The number of amides is 1. The molecule has 3 heteroatoms. The van der Waals surface area contributed by atoms with Gasteiger partial charge >= 0.3 is 0 Å². The standard InChI is InChI=1S/C17H28N2O/c1-12-9-10-16(14(3)11-12)19(5)17(20)13(2)7-6-8-15(4)18/h9-11,13,15H,6-8,18H2,1-5H3. The fourth-order valence-electron chi connectivity index (χ4n) is 2.50. The molecule has 0 saturated heterocycles. The van der Waals surface area contributed by atoms with Gasteiger partial charge in [-0.2, -0.15) is 0 Å². The van der Waals surface area contributed by atoms with Crippen LogP contribution in [0.3, 0.4) is 0 Å². The molecule has 0 aliphatic carbocycles. The van der Waals surface area contributed by atoms with E-state index in [0.717, 1.165) is 30.5 Å². The Morgan fingerprint density at radius 2 is 1.90 bits per heavy atom. The molecule has 1 aromatic rings. The molecule has 0 spiro atoms. The van der Waals surface area contributed by atoms with Gasteiger partial charge in [0.05, 0.1) is 0 Å². The highest BCUT2D eigenvalue weighted by atomic mass is 16.2. The number of benzene rings is 1. The zero-order valence-electron chi connectivity index (χ0n) is 13.4. The van der Waals surface area contributed by atoms with E-state index in [9.17, 15) is 4.79 Å². The second-order valence-electron chi connectivity index (χ2n) is 6.00. The molecule has 2 N–H and O–H groups in total. The van der Waals surface area contributed by atoms with Crippen molar-refractivity contribution in [3.8, 4) is 0 Å². The minimum absolute atomic E-state index is 0.0412. The first-order valence-electron chi connectivity index (χ1n) is 7.43. The van der Waals surface area contributed by atoms with Crippen LogP contribution < -0.4 is 10.6 Å². The van der Waals surface area contributed by atoms with Crippen molar-refractivity contribution >= 4 is 11.6 Å². The molecule has 2 unspecified atom stereocenters. The molecule has 1 amide bonds. The van der Waals surface area contributed by atoms with Gasteiger partial charge in [0.1, 0.15) is 0 Å². The van der Waals surface area contributed by atoms with Gasteiger partial charge in [0, 0.05) is 24.7 Å². The number of nitrogens with two attached hydrogens (primary N) is 1. The first-order chi connectivity index (χ1) is 9.32. The molecule has 0 bridgehead atoms. The molecule has 0 aliphatic rings. The summed E-state index contributed by atoms with van der Waals surface area (Å²) in [5.41, 5.74) is 9.11.